The summed E-state index contributed by atoms with van der Waals surface area (Å²) in [6.07, 6.45) is 1.33. The molecule has 1 atom stereocenters. The van der Waals surface area contributed by atoms with Crippen LogP contribution in [-0.2, 0) is 4.79 Å². The third-order valence-corrected chi connectivity index (χ3v) is 4.71. The molecule has 1 fully saturated rings. The predicted molar refractivity (Wildman–Crippen MR) is 106 cm³/mol. The van der Waals surface area contributed by atoms with Crippen molar-refractivity contribution in [1.29, 1.82) is 0 Å². The molecule has 1 aliphatic heterocycles. The number of urea groups is 1. The first kappa shape index (κ1) is 19.5. The van der Waals surface area contributed by atoms with Gasteiger partial charge < -0.3 is 26.0 Å². The highest BCUT2D eigenvalue weighted by Crippen LogP contribution is 2.26. The maximum absolute atomic E-state index is 13.7. The quantitative estimate of drug-likeness (QED) is 0.703. The highest BCUT2D eigenvalue weighted by molar-refractivity contribution is 5.96. The van der Waals surface area contributed by atoms with E-state index in [1.54, 1.807) is 30.3 Å². The van der Waals surface area contributed by atoms with Crippen molar-refractivity contribution in [2.45, 2.75) is 12.8 Å². The van der Waals surface area contributed by atoms with Crippen LogP contribution in [0.1, 0.15) is 12.8 Å². The maximum atomic E-state index is 13.7. The fraction of sp³-hybridized carbons (Fsp3) is 0.300. The van der Waals surface area contributed by atoms with Gasteiger partial charge in [-0.3, -0.25) is 4.79 Å². The Hall–Kier alpha value is -3.29. The van der Waals surface area contributed by atoms with Crippen LogP contribution in [0.5, 0.6) is 5.75 Å². The Labute approximate surface area is 162 Å². The van der Waals surface area contributed by atoms with Crippen molar-refractivity contribution in [3.63, 3.8) is 0 Å². The molecule has 7 nitrogen and oxygen atoms in total. The normalized spacial score (nSPS) is 16.4. The molecular formula is C20H23FN4O3. The number of anilines is 3. The summed E-state index contributed by atoms with van der Waals surface area (Å²) in [6.45, 7) is 0.751. The molecule has 1 aliphatic rings. The lowest BCUT2D eigenvalue weighted by atomic mass is 9.97. The zero-order valence-corrected chi connectivity index (χ0v) is 15.6. The lowest BCUT2D eigenvalue weighted by molar-refractivity contribution is -0.121. The van der Waals surface area contributed by atoms with Gasteiger partial charge in [0.25, 0.3) is 0 Å². The summed E-state index contributed by atoms with van der Waals surface area (Å²) in [6, 6.07) is 10.6. The van der Waals surface area contributed by atoms with Gasteiger partial charge in [-0.05, 0) is 37.1 Å². The number of amides is 3. The number of nitrogens with two attached hydrogens (primary N) is 1. The summed E-state index contributed by atoms with van der Waals surface area (Å²) in [4.78, 5) is 26.7. The molecule has 0 spiro atoms. The second-order valence-electron chi connectivity index (χ2n) is 6.64. The number of likely N-dealkylation sites (tertiary alicyclic amines) is 1. The van der Waals surface area contributed by atoms with Gasteiger partial charge in [-0.25, -0.2) is 9.18 Å². The van der Waals surface area contributed by atoms with Crippen LogP contribution in [0.15, 0.2) is 42.5 Å². The number of para-hydroxylation sites is 1. The number of methoxy groups -OCH3 is 1. The number of hydrogen-bond acceptors (Lipinski definition) is 4. The minimum atomic E-state index is -0.504. The zero-order valence-electron chi connectivity index (χ0n) is 15.6. The van der Waals surface area contributed by atoms with Gasteiger partial charge in [0.15, 0.2) is 0 Å². The monoisotopic (exact) mass is 386 g/mol. The maximum Gasteiger partial charge on any atom is 0.321 e. The van der Waals surface area contributed by atoms with E-state index in [2.05, 4.69) is 10.6 Å². The summed E-state index contributed by atoms with van der Waals surface area (Å²) in [5.41, 5.74) is 6.93. The van der Waals surface area contributed by atoms with E-state index in [-0.39, 0.29) is 24.1 Å². The molecular weight excluding hydrogens is 363 g/mol. The Morgan fingerprint density at radius 2 is 1.96 bits per heavy atom. The number of carbonyl (C=O) groups is 2. The van der Waals surface area contributed by atoms with E-state index in [4.69, 9.17) is 10.5 Å². The minimum Gasteiger partial charge on any atom is -0.497 e. The molecule has 1 heterocycles. The van der Waals surface area contributed by atoms with Crippen molar-refractivity contribution in [3.05, 3.63) is 48.3 Å². The number of rotatable bonds is 4. The lowest BCUT2D eigenvalue weighted by Crippen LogP contribution is -2.45. The number of halogens is 1. The predicted octanol–water partition coefficient (Wildman–Crippen LogP) is 3.30. The Bertz CT molecular complexity index is 874. The summed E-state index contributed by atoms with van der Waals surface area (Å²) in [7, 11) is 1.53. The van der Waals surface area contributed by atoms with Gasteiger partial charge in [-0.2, -0.15) is 0 Å². The highest BCUT2D eigenvalue weighted by atomic mass is 19.1. The summed E-state index contributed by atoms with van der Waals surface area (Å²) >= 11 is 0. The van der Waals surface area contributed by atoms with Gasteiger partial charge in [-0.15, -0.1) is 0 Å². The zero-order chi connectivity index (χ0) is 20.1. The van der Waals surface area contributed by atoms with E-state index in [1.165, 1.54) is 24.1 Å². The van der Waals surface area contributed by atoms with Gasteiger partial charge >= 0.3 is 6.03 Å². The number of piperidine rings is 1. The van der Waals surface area contributed by atoms with E-state index in [9.17, 15) is 14.0 Å². The van der Waals surface area contributed by atoms with Gasteiger partial charge in [0.2, 0.25) is 5.91 Å². The van der Waals surface area contributed by atoms with Gasteiger partial charge in [0.1, 0.15) is 11.6 Å². The van der Waals surface area contributed by atoms with Crippen LogP contribution >= 0.6 is 0 Å². The smallest absolute Gasteiger partial charge is 0.321 e. The number of carbonyl (C=O) groups excluding carboxylic acids is 2. The second-order valence-corrected chi connectivity index (χ2v) is 6.64. The molecule has 2 aromatic carbocycles. The van der Waals surface area contributed by atoms with E-state index < -0.39 is 11.8 Å². The van der Waals surface area contributed by atoms with Gasteiger partial charge in [-0.1, -0.05) is 12.1 Å². The summed E-state index contributed by atoms with van der Waals surface area (Å²) in [5, 5.41) is 5.37. The molecule has 0 radical (unpaired) electrons. The molecule has 1 saturated heterocycles. The van der Waals surface area contributed by atoms with E-state index in [1.807, 2.05) is 0 Å². The number of benzene rings is 2. The van der Waals surface area contributed by atoms with Crippen molar-refractivity contribution >= 4 is 29.0 Å². The molecule has 148 valence electrons. The number of nitrogens with one attached hydrogen (secondary N) is 2. The lowest BCUT2D eigenvalue weighted by Gasteiger charge is -2.32. The number of nitrogens with zero attached hydrogens (tertiary/aromatic N) is 1. The molecule has 28 heavy (non-hydrogen) atoms. The van der Waals surface area contributed by atoms with Crippen LogP contribution in [0.25, 0.3) is 0 Å². The summed E-state index contributed by atoms with van der Waals surface area (Å²) in [5.74, 6) is -0.524. The molecule has 0 saturated carbocycles. The van der Waals surface area contributed by atoms with E-state index in [0.717, 1.165) is 0 Å². The van der Waals surface area contributed by atoms with Gasteiger partial charge in [0.05, 0.1) is 30.1 Å². The molecule has 0 aromatic heterocycles. The van der Waals surface area contributed by atoms with Crippen molar-refractivity contribution in [3.8, 4) is 5.75 Å². The SMILES string of the molecule is COc1ccc(N)c(NC(=O)C2CCCN(C(=O)Nc3ccccc3F)C2)c1. The Kier molecular flexibility index (Phi) is 5.98. The number of nitrogen functional groups attached to an aromatic ring is 1. The van der Waals surface area contributed by atoms with Gasteiger partial charge in [0, 0.05) is 19.2 Å². The second kappa shape index (κ2) is 8.60. The van der Waals surface area contributed by atoms with Crippen molar-refractivity contribution in [2.75, 3.05) is 36.6 Å². The summed E-state index contributed by atoms with van der Waals surface area (Å²) < 4.78 is 18.9. The number of hydrogen-bond donors (Lipinski definition) is 3. The molecule has 0 aliphatic carbocycles. The van der Waals surface area contributed by atoms with Crippen LogP contribution < -0.4 is 21.1 Å². The first-order chi connectivity index (χ1) is 13.5. The van der Waals surface area contributed by atoms with Crippen molar-refractivity contribution < 1.29 is 18.7 Å². The first-order valence-corrected chi connectivity index (χ1v) is 9.02. The standard InChI is InChI=1S/C20H23FN4O3/c1-28-14-8-9-16(22)18(11-14)23-19(26)13-5-4-10-25(12-13)20(27)24-17-7-3-2-6-15(17)21/h2-3,6-9,11,13H,4-5,10,12,22H2,1H3,(H,23,26)(H,24,27). The molecule has 0 bridgehead atoms. The Morgan fingerprint density at radius 3 is 2.71 bits per heavy atom. The van der Waals surface area contributed by atoms with Crippen LogP contribution in [0.4, 0.5) is 26.2 Å². The highest BCUT2D eigenvalue weighted by Gasteiger charge is 2.29. The number of ether oxygens (including phenoxy) is 1. The third kappa shape index (κ3) is 4.51. The molecule has 2 aromatic rings. The fourth-order valence-corrected chi connectivity index (χ4v) is 3.14. The van der Waals surface area contributed by atoms with E-state index >= 15 is 0 Å². The topological polar surface area (TPSA) is 96.7 Å². The molecule has 8 heteroatoms. The molecule has 1 unspecified atom stereocenters. The van der Waals surface area contributed by atoms with Crippen LogP contribution in [0.2, 0.25) is 0 Å². The Balaban J connectivity index is 1.63. The van der Waals surface area contributed by atoms with Crippen molar-refractivity contribution in [2.24, 2.45) is 5.92 Å². The molecule has 3 rings (SSSR count). The van der Waals surface area contributed by atoms with E-state index in [0.29, 0.717) is 36.5 Å². The van der Waals surface area contributed by atoms with Crippen LogP contribution in [-0.4, -0.2) is 37.0 Å². The minimum absolute atomic E-state index is 0.114. The average molecular weight is 386 g/mol. The largest absolute Gasteiger partial charge is 0.497 e. The van der Waals surface area contributed by atoms with Crippen LogP contribution in [0, 0.1) is 11.7 Å². The van der Waals surface area contributed by atoms with Crippen LogP contribution in [0.3, 0.4) is 0 Å². The molecule has 3 amide bonds. The molecule has 4 N–H and O–H groups in total. The fourth-order valence-electron chi connectivity index (χ4n) is 3.14. The Morgan fingerprint density at radius 1 is 1.18 bits per heavy atom. The third-order valence-electron chi connectivity index (χ3n) is 4.71. The average Bonchev–Trinajstić information content (AvgIpc) is 2.71. The first-order valence-electron chi connectivity index (χ1n) is 9.02. The van der Waals surface area contributed by atoms with Crippen molar-refractivity contribution in [1.82, 2.24) is 4.90 Å².